The fourth-order valence-electron chi connectivity index (χ4n) is 3.89. The number of nitrogens with zero attached hydrogens (tertiary/aromatic N) is 1. The molecule has 0 bridgehead atoms. The van der Waals surface area contributed by atoms with Crippen molar-refractivity contribution in [2.45, 2.75) is 13.8 Å². The maximum absolute atomic E-state index is 13.4. The average Bonchev–Trinajstić information content (AvgIpc) is 3.14. The molecule has 0 saturated carbocycles. The molecular formula is C29H24BrFN2O5. The quantitative estimate of drug-likeness (QED) is 0.267. The van der Waals surface area contributed by atoms with Crippen LogP contribution in [0.15, 0.2) is 94.1 Å². The topological polar surface area (TPSA) is 84.9 Å². The third-order valence-electron chi connectivity index (χ3n) is 5.65. The average molecular weight is 579 g/mol. The van der Waals surface area contributed by atoms with Crippen LogP contribution in [0.2, 0.25) is 0 Å². The minimum absolute atomic E-state index is 0.177. The molecule has 1 N–H and O–H groups in total. The van der Waals surface area contributed by atoms with Gasteiger partial charge in [-0.3, -0.25) is 14.5 Å². The SMILES string of the molecule is CCOC(=O)C1=C(C)N(c2ccc(Br)cc2)C(=O)/C1=C\c1ccc(OCC(=O)Nc2ccc(F)cc2)cc1. The lowest BCUT2D eigenvalue weighted by molar-refractivity contribution is -0.138. The molecule has 3 aromatic rings. The standard InChI is InChI=1S/C29H24BrFN2O5/c1-3-37-29(36)27-18(2)33(23-12-6-20(30)7-13-23)28(35)25(27)16-19-4-14-24(15-5-19)38-17-26(34)32-22-10-8-21(31)9-11-22/h4-16H,3,17H2,1-2H3,(H,32,34)/b25-16-. The first-order chi connectivity index (χ1) is 18.3. The van der Waals surface area contributed by atoms with Crippen LogP contribution in [-0.2, 0) is 19.1 Å². The van der Waals surface area contributed by atoms with Crippen LogP contribution in [-0.4, -0.2) is 31.0 Å². The van der Waals surface area contributed by atoms with Crippen LogP contribution in [0.25, 0.3) is 6.08 Å². The highest BCUT2D eigenvalue weighted by Gasteiger charge is 2.38. The van der Waals surface area contributed by atoms with E-state index in [-0.39, 0.29) is 30.3 Å². The Hall–Kier alpha value is -4.24. The van der Waals surface area contributed by atoms with Crippen LogP contribution in [0, 0.1) is 5.82 Å². The van der Waals surface area contributed by atoms with E-state index in [1.165, 1.54) is 29.2 Å². The van der Waals surface area contributed by atoms with Gasteiger partial charge in [-0.1, -0.05) is 28.1 Å². The first kappa shape index (κ1) is 26.8. The molecule has 0 radical (unpaired) electrons. The van der Waals surface area contributed by atoms with E-state index in [1.54, 1.807) is 56.3 Å². The molecular weight excluding hydrogens is 555 g/mol. The third-order valence-corrected chi connectivity index (χ3v) is 6.18. The lowest BCUT2D eigenvalue weighted by atomic mass is 10.0. The number of hydrogen-bond acceptors (Lipinski definition) is 5. The zero-order valence-corrected chi connectivity index (χ0v) is 22.3. The first-order valence-corrected chi connectivity index (χ1v) is 12.5. The van der Waals surface area contributed by atoms with Gasteiger partial charge in [0.1, 0.15) is 11.6 Å². The maximum atomic E-state index is 13.4. The van der Waals surface area contributed by atoms with Gasteiger partial charge in [0.15, 0.2) is 6.61 Å². The maximum Gasteiger partial charge on any atom is 0.340 e. The number of allylic oxidation sites excluding steroid dienone is 1. The first-order valence-electron chi connectivity index (χ1n) is 11.7. The minimum atomic E-state index is -0.573. The molecule has 1 heterocycles. The summed E-state index contributed by atoms with van der Waals surface area (Å²) < 4.78 is 24.6. The molecule has 0 saturated heterocycles. The third kappa shape index (κ3) is 6.18. The van der Waals surface area contributed by atoms with Gasteiger partial charge in [-0.2, -0.15) is 0 Å². The summed E-state index contributed by atoms with van der Waals surface area (Å²) in [5, 5.41) is 2.62. The van der Waals surface area contributed by atoms with Crippen LogP contribution in [0.3, 0.4) is 0 Å². The summed E-state index contributed by atoms with van der Waals surface area (Å²) in [6.45, 7) is 3.35. The number of carbonyl (C=O) groups excluding carboxylic acids is 3. The van der Waals surface area contributed by atoms with Gasteiger partial charge in [0.05, 0.1) is 17.8 Å². The molecule has 0 fully saturated rings. The highest BCUT2D eigenvalue weighted by Crippen LogP contribution is 2.36. The Morgan fingerprint density at radius 3 is 2.29 bits per heavy atom. The van der Waals surface area contributed by atoms with Crippen LogP contribution >= 0.6 is 15.9 Å². The zero-order valence-electron chi connectivity index (χ0n) is 20.7. The van der Waals surface area contributed by atoms with Gasteiger partial charge in [0.2, 0.25) is 0 Å². The van der Waals surface area contributed by atoms with Crippen LogP contribution in [0.1, 0.15) is 19.4 Å². The second-order valence-corrected chi connectivity index (χ2v) is 9.18. The molecule has 7 nitrogen and oxygen atoms in total. The second-order valence-electron chi connectivity index (χ2n) is 8.27. The molecule has 38 heavy (non-hydrogen) atoms. The van der Waals surface area contributed by atoms with Crippen molar-refractivity contribution < 1.29 is 28.2 Å². The van der Waals surface area contributed by atoms with Crippen molar-refractivity contribution in [1.82, 2.24) is 0 Å². The Morgan fingerprint density at radius 2 is 1.66 bits per heavy atom. The van der Waals surface area contributed by atoms with Crippen molar-refractivity contribution in [2.75, 3.05) is 23.4 Å². The normalized spacial score (nSPS) is 14.2. The van der Waals surface area contributed by atoms with E-state index in [0.717, 1.165) is 4.47 Å². The van der Waals surface area contributed by atoms with Gasteiger partial charge in [0.25, 0.3) is 11.8 Å². The van der Waals surface area contributed by atoms with Crippen LogP contribution in [0.5, 0.6) is 5.75 Å². The molecule has 3 aromatic carbocycles. The van der Waals surface area contributed by atoms with E-state index in [0.29, 0.717) is 28.4 Å². The summed E-state index contributed by atoms with van der Waals surface area (Å²) in [4.78, 5) is 39.9. The molecule has 0 atom stereocenters. The summed E-state index contributed by atoms with van der Waals surface area (Å²) in [6.07, 6.45) is 1.63. The fraction of sp³-hybridized carbons (Fsp3) is 0.138. The molecule has 1 aliphatic rings. The number of halogens is 2. The van der Waals surface area contributed by atoms with Crippen molar-refractivity contribution in [3.63, 3.8) is 0 Å². The number of ether oxygens (including phenoxy) is 2. The Kier molecular flexibility index (Phi) is 8.38. The van der Waals surface area contributed by atoms with Crippen molar-refractivity contribution in [1.29, 1.82) is 0 Å². The number of amides is 2. The molecule has 0 spiro atoms. The number of esters is 1. The van der Waals surface area contributed by atoms with Crippen molar-refractivity contribution >= 4 is 51.2 Å². The van der Waals surface area contributed by atoms with E-state index >= 15 is 0 Å². The van der Waals surface area contributed by atoms with E-state index < -0.39 is 17.7 Å². The minimum Gasteiger partial charge on any atom is -0.484 e. The van der Waals surface area contributed by atoms with Crippen molar-refractivity contribution in [3.05, 3.63) is 105 Å². The summed E-state index contributed by atoms with van der Waals surface area (Å²) in [6, 6.07) is 19.4. The predicted molar refractivity (Wildman–Crippen MR) is 146 cm³/mol. The summed E-state index contributed by atoms with van der Waals surface area (Å²) in [7, 11) is 0. The Morgan fingerprint density at radius 1 is 1.00 bits per heavy atom. The molecule has 0 aliphatic carbocycles. The highest BCUT2D eigenvalue weighted by molar-refractivity contribution is 9.10. The van der Waals surface area contributed by atoms with Gasteiger partial charge in [-0.05, 0) is 86.2 Å². The number of rotatable bonds is 8. The van der Waals surface area contributed by atoms with E-state index in [2.05, 4.69) is 21.2 Å². The number of hydrogen-bond donors (Lipinski definition) is 1. The van der Waals surface area contributed by atoms with Gasteiger partial charge in [0, 0.05) is 21.5 Å². The fourth-order valence-corrected chi connectivity index (χ4v) is 4.15. The molecule has 9 heteroatoms. The van der Waals surface area contributed by atoms with Gasteiger partial charge >= 0.3 is 5.97 Å². The smallest absolute Gasteiger partial charge is 0.340 e. The lowest BCUT2D eigenvalue weighted by Crippen LogP contribution is -2.24. The van der Waals surface area contributed by atoms with E-state index in [9.17, 15) is 18.8 Å². The van der Waals surface area contributed by atoms with Crippen molar-refractivity contribution in [2.24, 2.45) is 0 Å². The number of nitrogens with one attached hydrogen (secondary N) is 1. The Bertz CT molecular complexity index is 1410. The van der Waals surface area contributed by atoms with Crippen LogP contribution < -0.4 is 15.0 Å². The van der Waals surface area contributed by atoms with E-state index in [4.69, 9.17) is 9.47 Å². The molecule has 0 unspecified atom stereocenters. The molecule has 4 rings (SSSR count). The predicted octanol–water partition coefficient (Wildman–Crippen LogP) is 5.87. The summed E-state index contributed by atoms with van der Waals surface area (Å²) in [5.41, 5.74) is 2.65. The molecule has 0 aromatic heterocycles. The Labute approximate surface area is 227 Å². The number of benzene rings is 3. The second kappa shape index (κ2) is 11.9. The lowest BCUT2D eigenvalue weighted by Gasteiger charge is -2.18. The summed E-state index contributed by atoms with van der Waals surface area (Å²) >= 11 is 3.39. The number of anilines is 2. The van der Waals surface area contributed by atoms with Gasteiger partial charge in [-0.25, -0.2) is 9.18 Å². The zero-order chi connectivity index (χ0) is 27.2. The van der Waals surface area contributed by atoms with Crippen molar-refractivity contribution in [3.8, 4) is 5.75 Å². The molecule has 2 amide bonds. The highest BCUT2D eigenvalue weighted by atomic mass is 79.9. The molecule has 1 aliphatic heterocycles. The number of carbonyl (C=O) groups is 3. The van der Waals surface area contributed by atoms with Crippen LogP contribution in [0.4, 0.5) is 15.8 Å². The van der Waals surface area contributed by atoms with Gasteiger partial charge < -0.3 is 14.8 Å². The van der Waals surface area contributed by atoms with Gasteiger partial charge in [-0.15, -0.1) is 0 Å². The summed E-state index contributed by atoms with van der Waals surface area (Å²) in [5.74, 6) is -1.27. The molecule has 194 valence electrons. The Balaban J connectivity index is 1.50. The monoisotopic (exact) mass is 578 g/mol. The largest absolute Gasteiger partial charge is 0.484 e. The van der Waals surface area contributed by atoms with E-state index in [1.807, 2.05) is 12.1 Å².